The summed E-state index contributed by atoms with van der Waals surface area (Å²) in [7, 11) is 0. The maximum atomic E-state index is 13.6. The molecule has 114 valence electrons. The quantitative estimate of drug-likeness (QED) is 0.843. The molecule has 1 aliphatic carbocycles. The van der Waals surface area contributed by atoms with Crippen LogP contribution >= 0.6 is 0 Å². The van der Waals surface area contributed by atoms with Crippen LogP contribution in [0.4, 0.5) is 8.78 Å². The molecule has 1 aliphatic rings. The predicted octanol–water partition coefficient (Wildman–Crippen LogP) is 2.87. The minimum Gasteiger partial charge on any atom is -0.480 e. The van der Waals surface area contributed by atoms with Crippen molar-refractivity contribution in [3.63, 3.8) is 0 Å². The molecule has 0 saturated heterocycles. The lowest BCUT2D eigenvalue weighted by molar-refractivity contribution is -0.145. The lowest BCUT2D eigenvalue weighted by Gasteiger charge is -2.29. The summed E-state index contributed by atoms with van der Waals surface area (Å²) in [5.41, 5.74) is -1.87. The van der Waals surface area contributed by atoms with Crippen LogP contribution in [0.2, 0.25) is 0 Å². The van der Waals surface area contributed by atoms with E-state index in [1.807, 2.05) is 0 Å². The van der Waals surface area contributed by atoms with Gasteiger partial charge in [0.05, 0.1) is 5.56 Å². The molecule has 2 rings (SSSR count). The largest absolute Gasteiger partial charge is 0.480 e. The Labute approximate surface area is 121 Å². The van der Waals surface area contributed by atoms with E-state index in [1.54, 1.807) is 0 Å². The van der Waals surface area contributed by atoms with Crippen molar-refractivity contribution in [3.05, 3.63) is 35.4 Å². The molecule has 4 nitrogen and oxygen atoms in total. The van der Waals surface area contributed by atoms with Crippen molar-refractivity contribution < 1.29 is 23.5 Å². The first-order chi connectivity index (χ1) is 9.96. The molecule has 1 aromatic carbocycles. The fourth-order valence-corrected chi connectivity index (χ4v) is 2.69. The minimum atomic E-state index is -1.40. The zero-order valence-electron chi connectivity index (χ0n) is 11.5. The van der Waals surface area contributed by atoms with Gasteiger partial charge in [-0.05, 0) is 25.0 Å². The number of benzene rings is 1. The zero-order chi connectivity index (χ0) is 15.5. The first-order valence-corrected chi connectivity index (χ1v) is 6.96. The second-order valence-electron chi connectivity index (χ2n) is 5.36. The number of carboxylic acids is 1. The molecule has 1 amide bonds. The monoisotopic (exact) mass is 297 g/mol. The van der Waals surface area contributed by atoms with Gasteiger partial charge in [0.15, 0.2) is 11.6 Å². The molecule has 0 heterocycles. The molecule has 6 heteroatoms. The summed E-state index contributed by atoms with van der Waals surface area (Å²) in [5, 5.41) is 11.9. The maximum absolute atomic E-state index is 13.6. The van der Waals surface area contributed by atoms with Gasteiger partial charge >= 0.3 is 5.97 Å². The standard InChI is InChI=1S/C15H17F2NO3/c16-11-7-5-6-10(12(11)17)13(19)18-15(14(20)21)8-3-1-2-4-9-15/h5-7H,1-4,8-9H2,(H,18,19)(H,20,21). The Balaban J connectivity index is 2.26. The van der Waals surface area contributed by atoms with E-state index in [4.69, 9.17) is 0 Å². The molecule has 1 saturated carbocycles. The van der Waals surface area contributed by atoms with Crippen LogP contribution < -0.4 is 5.32 Å². The number of carboxylic acid groups (broad SMARTS) is 1. The van der Waals surface area contributed by atoms with Gasteiger partial charge in [0, 0.05) is 0 Å². The number of carbonyl (C=O) groups excluding carboxylic acids is 1. The lowest BCUT2D eigenvalue weighted by Crippen LogP contribution is -2.54. The molecule has 1 aromatic rings. The van der Waals surface area contributed by atoms with Crippen LogP contribution in [-0.4, -0.2) is 22.5 Å². The summed E-state index contributed by atoms with van der Waals surface area (Å²) in [6.07, 6.45) is 3.75. The van der Waals surface area contributed by atoms with Gasteiger partial charge < -0.3 is 10.4 Å². The smallest absolute Gasteiger partial charge is 0.329 e. The lowest BCUT2D eigenvalue weighted by atomic mass is 9.89. The van der Waals surface area contributed by atoms with E-state index in [9.17, 15) is 23.5 Å². The van der Waals surface area contributed by atoms with Crippen molar-refractivity contribution >= 4 is 11.9 Å². The van der Waals surface area contributed by atoms with Crippen LogP contribution in [0.25, 0.3) is 0 Å². The van der Waals surface area contributed by atoms with E-state index in [-0.39, 0.29) is 0 Å². The number of rotatable bonds is 3. The highest BCUT2D eigenvalue weighted by Crippen LogP contribution is 2.28. The fourth-order valence-electron chi connectivity index (χ4n) is 2.69. The van der Waals surface area contributed by atoms with Gasteiger partial charge in [-0.15, -0.1) is 0 Å². The molecule has 0 spiro atoms. The summed E-state index contributed by atoms with van der Waals surface area (Å²) >= 11 is 0. The summed E-state index contributed by atoms with van der Waals surface area (Å²) in [4.78, 5) is 23.7. The summed E-state index contributed by atoms with van der Waals surface area (Å²) < 4.78 is 26.8. The molecule has 0 atom stereocenters. The maximum Gasteiger partial charge on any atom is 0.329 e. The first-order valence-electron chi connectivity index (χ1n) is 6.96. The Morgan fingerprint density at radius 3 is 2.29 bits per heavy atom. The minimum absolute atomic E-state index is 0.297. The van der Waals surface area contributed by atoms with Crippen molar-refractivity contribution in [2.75, 3.05) is 0 Å². The third-order valence-corrected chi connectivity index (χ3v) is 3.92. The van der Waals surface area contributed by atoms with E-state index in [1.165, 1.54) is 6.07 Å². The predicted molar refractivity (Wildman–Crippen MR) is 71.9 cm³/mol. The number of aliphatic carboxylic acids is 1. The molecule has 0 unspecified atom stereocenters. The van der Waals surface area contributed by atoms with Gasteiger partial charge in [0.2, 0.25) is 0 Å². The third-order valence-electron chi connectivity index (χ3n) is 3.92. The van der Waals surface area contributed by atoms with Crippen LogP contribution in [0.15, 0.2) is 18.2 Å². The molecule has 0 aliphatic heterocycles. The summed E-state index contributed by atoms with van der Waals surface area (Å²) in [6.45, 7) is 0. The fraction of sp³-hybridized carbons (Fsp3) is 0.467. The molecule has 21 heavy (non-hydrogen) atoms. The average Bonchev–Trinajstić information content (AvgIpc) is 2.68. The van der Waals surface area contributed by atoms with Crippen molar-refractivity contribution in [2.45, 2.75) is 44.1 Å². The van der Waals surface area contributed by atoms with Crippen LogP contribution in [0.5, 0.6) is 0 Å². The van der Waals surface area contributed by atoms with Crippen molar-refractivity contribution in [2.24, 2.45) is 0 Å². The van der Waals surface area contributed by atoms with Crippen LogP contribution in [0.1, 0.15) is 48.9 Å². The van der Waals surface area contributed by atoms with Gasteiger partial charge in [-0.2, -0.15) is 0 Å². The molecule has 2 N–H and O–H groups in total. The second kappa shape index (κ2) is 6.20. The zero-order valence-corrected chi connectivity index (χ0v) is 11.5. The van der Waals surface area contributed by atoms with E-state index in [0.29, 0.717) is 25.7 Å². The van der Waals surface area contributed by atoms with Gasteiger partial charge in [-0.1, -0.05) is 31.7 Å². The van der Waals surface area contributed by atoms with Gasteiger partial charge in [-0.25, -0.2) is 13.6 Å². The second-order valence-corrected chi connectivity index (χ2v) is 5.36. The van der Waals surface area contributed by atoms with Gasteiger partial charge in [0.1, 0.15) is 5.54 Å². The van der Waals surface area contributed by atoms with Crippen LogP contribution in [-0.2, 0) is 4.79 Å². The number of nitrogens with one attached hydrogen (secondary N) is 1. The van der Waals surface area contributed by atoms with Crippen molar-refractivity contribution in [1.82, 2.24) is 5.32 Å². The third kappa shape index (κ3) is 3.20. The molecular formula is C15H17F2NO3. The van der Waals surface area contributed by atoms with E-state index < -0.39 is 34.6 Å². The molecule has 1 fully saturated rings. The molecule has 0 aromatic heterocycles. The summed E-state index contributed by atoms with van der Waals surface area (Å²) in [6, 6.07) is 3.26. The number of amides is 1. The SMILES string of the molecule is O=C(NC1(C(=O)O)CCCCCC1)c1cccc(F)c1F. The Morgan fingerprint density at radius 1 is 1.10 bits per heavy atom. The highest BCUT2D eigenvalue weighted by molar-refractivity contribution is 5.98. The molecular weight excluding hydrogens is 280 g/mol. The first kappa shape index (κ1) is 15.4. The van der Waals surface area contributed by atoms with E-state index >= 15 is 0 Å². The Morgan fingerprint density at radius 2 is 1.71 bits per heavy atom. The number of carbonyl (C=O) groups is 2. The summed E-state index contributed by atoms with van der Waals surface area (Å²) in [5.74, 6) is -4.41. The van der Waals surface area contributed by atoms with Crippen LogP contribution in [0, 0.1) is 11.6 Å². The Hall–Kier alpha value is -1.98. The normalized spacial score (nSPS) is 17.8. The molecule has 0 radical (unpaired) electrons. The number of hydrogen-bond donors (Lipinski definition) is 2. The topological polar surface area (TPSA) is 66.4 Å². The Kier molecular flexibility index (Phi) is 4.55. The number of hydrogen-bond acceptors (Lipinski definition) is 2. The molecule has 0 bridgehead atoms. The van der Waals surface area contributed by atoms with Gasteiger partial charge in [0.25, 0.3) is 5.91 Å². The highest BCUT2D eigenvalue weighted by atomic mass is 19.2. The van der Waals surface area contributed by atoms with E-state index in [0.717, 1.165) is 25.0 Å². The van der Waals surface area contributed by atoms with Crippen molar-refractivity contribution in [1.29, 1.82) is 0 Å². The Bertz CT molecular complexity index is 552. The van der Waals surface area contributed by atoms with Gasteiger partial charge in [-0.3, -0.25) is 4.79 Å². The van der Waals surface area contributed by atoms with E-state index in [2.05, 4.69) is 5.32 Å². The van der Waals surface area contributed by atoms with Crippen LogP contribution in [0.3, 0.4) is 0 Å². The highest BCUT2D eigenvalue weighted by Gasteiger charge is 2.40. The average molecular weight is 297 g/mol. The number of halogens is 2. The van der Waals surface area contributed by atoms with Crippen molar-refractivity contribution in [3.8, 4) is 0 Å².